The maximum absolute atomic E-state index is 13.4. The van der Waals surface area contributed by atoms with Crippen molar-refractivity contribution in [1.29, 1.82) is 0 Å². The van der Waals surface area contributed by atoms with E-state index in [1.807, 2.05) is 54.4 Å². The van der Waals surface area contributed by atoms with Crippen LogP contribution in [0.25, 0.3) is 28.4 Å². The van der Waals surface area contributed by atoms with Gasteiger partial charge in [-0.15, -0.1) is 12.4 Å². The van der Waals surface area contributed by atoms with E-state index in [0.29, 0.717) is 12.3 Å². The highest BCUT2D eigenvalue weighted by molar-refractivity contribution is 6.00. The number of aryl methyl sites for hydroxylation is 1. The molecule has 0 N–H and O–H groups in total. The standard InChI is InChI=1S/C29H29N3O3.ClH/c1-19-24-18-26(35-4)25(34-3)17-21(24)14-16-32(19)27(33)13-12-22-23-11-8-15-30-29(23)31(2)28(22)20-9-6-5-7-10-20;/h5-13,15,17-19H,14,16H2,1-4H3;1H. The first-order chi connectivity index (χ1) is 17.0. The van der Waals surface area contributed by atoms with Crippen LogP contribution in [0.4, 0.5) is 0 Å². The number of nitrogens with zero attached hydrogens (tertiary/aromatic N) is 3. The van der Waals surface area contributed by atoms with E-state index < -0.39 is 0 Å². The number of benzene rings is 2. The van der Waals surface area contributed by atoms with Crippen molar-refractivity contribution >= 4 is 35.4 Å². The normalized spacial score (nSPS) is 15.0. The number of carbonyl (C=O) groups is 1. The van der Waals surface area contributed by atoms with Gasteiger partial charge in [0.15, 0.2) is 11.5 Å². The number of carbonyl (C=O) groups excluding carboxylic acids is 1. The van der Waals surface area contributed by atoms with Crippen LogP contribution in [0.1, 0.15) is 29.7 Å². The number of amides is 1. The quantitative estimate of drug-likeness (QED) is 0.321. The van der Waals surface area contributed by atoms with Gasteiger partial charge in [0.1, 0.15) is 5.65 Å². The molecule has 4 aromatic rings. The zero-order valence-electron chi connectivity index (χ0n) is 20.9. The third-order valence-electron chi connectivity index (χ3n) is 6.89. The van der Waals surface area contributed by atoms with Gasteiger partial charge in [0.25, 0.3) is 0 Å². The molecule has 1 aliphatic rings. The van der Waals surface area contributed by atoms with E-state index >= 15 is 0 Å². The summed E-state index contributed by atoms with van der Waals surface area (Å²) in [6, 6.07) is 18.1. The number of halogens is 1. The van der Waals surface area contributed by atoms with Crippen molar-refractivity contribution in [2.24, 2.45) is 7.05 Å². The average molecular weight is 504 g/mol. The molecule has 6 nitrogen and oxygen atoms in total. The summed E-state index contributed by atoms with van der Waals surface area (Å²) in [5.74, 6) is 1.38. The Kier molecular flexibility index (Phi) is 7.36. The fourth-order valence-electron chi connectivity index (χ4n) is 5.10. The predicted octanol–water partition coefficient (Wildman–Crippen LogP) is 5.84. The number of hydrogen-bond donors (Lipinski definition) is 0. The van der Waals surface area contributed by atoms with Crippen molar-refractivity contribution in [2.45, 2.75) is 19.4 Å². The summed E-state index contributed by atoms with van der Waals surface area (Å²) in [4.78, 5) is 19.9. The van der Waals surface area contributed by atoms with Crippen molar-refractivity contribution in [3.63, 3.8) is 0 Å². The van der Waals surface area contributed by atoms with E-state index in [4.69, 9.17) is 9.47 Å². The highest BCUT2D eigenvalue weighted by Gasteiger charge is 2.28. The van der Waals surface area contributed by atoms with Gasteiger partial charge in [-0.2, -0.15) is 0 Å². The minimum atomic E-state index is -0.0708. The molecule has 2 aromatic heterocycles. The van der Waals surface area contributed by atoms with Crippen molar-refractivity contribution in [3.05, 3.63) is 83.6 Å². The van der Waals surface area contributed by atoms with Gasteiger partial charge in [-0.25, -0.2) is 4.98 Å². The largest absolute Gasteiger partial charge is 0.493 e. The summed E-state index contributed by atoms with van der Waals surface area (Å²) in [6.45, 7) is 2.71. The van der Waals surface area contributed by atoms with Crippen LogP contribution in [0.2, 0.25) is 0 Å². The molecule has 0 saturated carbocycles. The molecule has 0 bridgehead atoms. The van der Waals surface area contributed by atoms with Crippen molar-refractivity contribution in [1.82, 2.24) is 14.5 Å². The Balaban J connectivity index is 0.00000304. The summed E-state index contributed by atoms with van der Waals surface area (Å²) in [5, 5.41) is 1.02. The Morgan fingerprint density at radius 3 is 2.50 bits per heavy atom. The SMILES string of the molecule is COc1cc2c(cc1OC)C(C)N(C(=O)C=Cc1c(-c3ccccc3)n(C)c3ncccc13)CC2.Cl. The molecule has 2 aromatic carbocycles. The molecule has 36 heavy (non-hydrogen) atoms. The molecule has 1 atom stereocenters. The number of rotatable bonds is 5. The second-order valence-electron chi connectivity index (χ2n) is 8.76. The first-order valence-electron chi connectivity index (χ1n) is 11.8. The molecule has 0 radical (unpaired) electrons. The Bertz CT molecular complexity index is 1430. The summed E-state index contributed by atoms with van der Waals surface area (Å²) in [7, 11) is 5.29. The van der Waals surface area contributed by atoms with Crippen LogP contribution in [-0.2, 0) is 18.3 Å². The van der Waals surface area contributed by atoms with Gasteiger partial charge in [-0.05, 0) is 60.4 Å². The van der Waals surface area contributed by atoms with E-state index in [1.165, 1.54) is 5.56 Å². The van der Waals surface area contributed by atoms with Crippen molar-refractivity contribution in [3.8, 4) is 22.8 Å². The topological polar surface area (TPSA) is 56.6 Å². The van der Waals surface area contributed by atoms with Gasteiger partial charge in [-0.1, -0.05) is 30.3 Å². The lowest BCUT2D eigenvalue weighted by Crippen LogP contribution is -2.37. The van der Waals surface area contributed by atoms with E-state index in [1.54, 1.807) is 26.5 Å². The van der Waals surface area contributed by atoms with Crippen LogP contribution < -0.4 is 9.47 Å². The van der Waals surface area contributed by atoms with E-state index in [-0.39, 0.29) is 24.4 Å². The van der Waals surface area contributed by atoms with Gasteiger partial charge in [0.2, 0.25) is 5.91 Å². The lowest BCUT2D eigenvalue weighted by molar-refractivity contribution is -0.128. The monoisotopic (exact) mass is 503 g/mol. The van der Waals surface area contributed by atoms with E-state index in [2.05, 4.69) is 34.7 Å². The summed E-state index contributed by atoms with van der Waals surface area (Å²) < 4.78 is 13.1. The second-order valence-corrected chi connectivity index (χ2v) is 8.76. The molecule has 186 valence electrons. The number of hydrogen-bond acceptors (Lipinski definition) is 4. The molecule has 0 saturated heterocycles. The number of aromatic nitrogens is 2. The molecule has 1 unspecified atom stereocenters. The third kappa shape index (κ3) is 4.33. The molecule has 0 spiro atoms. The summed E-state index contributed by atoms with van der Waals surface area (Å²) in [6.07, 6.45) is 6.20. The molecule has 1 aliphatic heterocycles. The molecule has 0 aliphatic carbocycles. The van der Waals surface area contributed by atoms with Gasteiger partial charge in [0, 0.05) is 36.8 Å². The van der Waals surface area contributed by atoms with Crippen LogP contribution >= 0.6 is 12.4 Å². The van der Waals surface area contributed by atoms with Gasteiger partial charge in [0.05, 0.1) is 26.0 Å². The van der Waals surface area contributed by atoms with Crippen molar-refractivity contribution < 1.29 is 14.3 Å². The minimum Gasteiger partial charge on any atom is -0.493 e. The Morgan fingerprint density at radius 1 is 1.06 bits per heavy atom. The smallest absolute Gasteiger partial charge is 0.247 e. The number of methoxy groups -OCH3 is 2. The molecular weight excluding hydrogens is 474 g/mol. The predicted molar refractivity (Wildman–Crippen MR) is 146 cm³/mol. The van der Waals surface area contributed by atoms with Crippen LogP contribution in [0.3, 0.4) is 0 Å². The lowest BCUT2D eigenvalue weighted by Gasteiger charge is -2.35. The first-order valence-corrected chi connectivity index (χ1v) is 11.8. The van der Waals surface area contributed by atoms with Crippen LogP contribution in [0, 0.1) is 0 Å². The van der Waals surface area contributed by atoms with Gasteiger partial charge >= 0.3 is 0 Å². The molecule has 5 rings (SSSR count). The van der Waals surface area contributed by atoms with Crippen LogP contribution in [0.5, 0.6) is 11.5 Å². The number of pyridine rings is 1. The van der Waals surface area contributed by atoms with Crippen LogP contribution in [-0.4, -0.2) is 41.1 Å². The highest BCUT2D eigenvalue weighted by Crippen LogP contribution is 2.38. The maximum atomic E-state index is 13.4. The highest BCUT2D eigenvalue weighted by atomic mass is 35.5. The summed E-state index contributed by atoms with van der Waals surface area (Å²) in [5.41, 5.74) is 6.29. The Labute approximate surface area is 217 Å². The fraction of sp³-hybridized carbons (Fsp3) is 0.241. The zero-order valence-corrected chi connectivity index (χ0v) is 21.7. The van der Waals surface area contributed by atoms with Gasteiger partial charge in [-0.3, -0.25) is 4.79 Å². The summed E-state index contributed by atoms with van der Waals surface area (Å²) >= 11 is 0. The molecule has 0 fully saturated rings. The molecular formula is C29H30ClN3O3. The number of ether oxygens (including phenoxy) is 2. The Hall–Kier alpha value is -3.77. The second kappa shape index (κ2) is 10.5. The van der Waals surface area contributed by atoms with Crippen molar-refractivity contribution in [2.75, 3.05) is 20.8 Å². The molecule has 7 heteroatoms. The number of fused-ring (bicyclic) bond motifs is 2. The molecule has 3 heterocycles. The van der Waals surface area contributed by atoms with E-state index in [9.17, 15) is 4.79 Å². The maximum Gasteiger partial charge on any atom is 0.247 e. The van der Waals surface area contributed by atoms with Crippen LogP contribution in [0.15, 0.2) is 66.9 Å². The lowest BCUT2D eigenvalue weighted by atomic mass is 9.92. The zero-order chi connectivity index (χ0) is 24.5. The third-order valence-corrected chi connectivity index (χ3v) is 6.89. The fourth-order valence-corrected chi connectivity index (χ4v) is 5.10. The first kappa shape index (κ1) is 25.3. The average Bonchev–Trinajstić information content (AvgIpc) is 3.18. The minimum absolute atomic E-state index is 0. The Morgan fingerprint density at radius 2 is 1.78 bits per heavy atom. The molecule has 1 amide bonds. The van der Waals surface area contributed by atoms with Gasteiger partial charge < -0.3 is 18.9 Å². The van der Waals surface area contributed by atoms with E-state index in [0.717, 1.165) is 45.6 Å².